The zero-order valence-corrected chi connectivity index (χ0v) is 12.3. The van der Waals surface area contributed by atoms with Gasteiger partial charge in [-0.1, -0.05) is 39.3 Å². The van der Waals surface area contributed by atoms with Crippen molar-refractivity contribution in [3.63, 3.8) is 0 Å². The Hall–Kier alpha value is -1.71. The van der Waals surface area contributed by atoms with Crippen LogP contribution in [-0.4, -0.2) is 11.7 Å². The highest BCUT2D eigenvalue weighted by atomic mass is 19.1. The van der Waals surface area contributed by atoms with Crippen molar-refractivity contribution in [1.29, 1.82) is 0 Å². The number of hydrogen-bond donors (Lipinski definition) is 1. The number of para-hydroxylation sites is 1. The Balaban J connectivity index is 2.84. The van der Waals surface area contributed by atoms with E-state index in [0.717, 1.165) is 6.42 Å². The van der Waals surface area contributed by atoms with Gasteiger partial charge in [0.2, 0.25) is 5.91 Å². The third-order valence-corrected chi connectivity index (χ3v) is 3.47. The van der Waals surface area contributed by atoms with Crippen LogP contribution in [-0.2, 0) is 9.59 Å². The van der Waals surface area contributed by atoms with E-state index >= 15 is 0 Å². The third-order valence-electron chi connectivity index (χ3n) is 3.47. The fourth-order valence-electron chi connectivity index (χ4n) is 2.02. The summed E-state index contributed by atoms with van der Waals surface area (Å²) < 4.78 is 13.5. The Labute approximate surface area is 119 Å². The number of rotatable bonds is 7. The first-order valence-electron chi connectivity index (χ1n) is 7.10. The largest absolute Gasteiger partial charge is 0.323 e. The summed E-state index contributed by atoms with van der Waals surface area (Å²) in [7, 11) is 0. The molecule has 20 heavy (non-hydrogen) atoms. The summed E-state index contributed by atoms with van der Waals surface area (Å²) in [6.07, 6.45) is 1.92. The van der Waals surface area contributed by atoms with Crippen molar-refractivity contribution in [1.82, 2.24) is 0 Å². The van der Waals surface area contributed by atoms with Crippen LogP contribution in [0.2, 0.25) is 0 Å². The molecular weight excluding hydrogens is 257 g/mol. The highest BCUT2D eigenvalue weighted by Gasteiger charge is 2.29. The molecule has 0 radical (unpaired) electrons. The number of halogens is 1. The molecule has 0 fully saturated rings. The van der Waals surface area contributed by atoms with E-state index in [-0.39, 0.29) is 17.4 Å². The lowest BCUT2D eigenvalue weighted by Gasteiger charge is -2.18. The van der Waals surface area contributed by atoms with Crippen molar-refractivity contribution in [3.05, 3.63) is 30.1 Å². The van der Waals surface area contributed by atoms with E-state index in [1.165, 1.54) is 12.1 Å². The molecule has 0 aromatic heterocycles. The van der Waals surface area contributed by atoms with Crippen LogP contribution in [0.5, 0.6) is 0 Å². The number of amides is 1. The summed E-state index contributed by atoms with van der Waals surface area (Å²) in [6, 6.07) is 5.97. The second-order valence-corrected chi connectivity index (χ2v) is 5.02. The second kappa shape index (κ2) is 7.78. The van der Waals surface area contributed by atoms with Gasteiger partial charge in [0.15, 0.2) is 0 Å². The van der Waals surface area contributed by atoms with E-state index in [9.17, 15) is 14.0 Å². The topological polar surface area (TPSA) is 46.2 Å². The SMILES string of the molecule is CCCC(C(=O)Nc1ccccc1F)C(=O)C(C)CC. The Kier molecular flexibility index (Phi) is 6.36. The number of ketones is 1. The first kappa shape index (κ1) is 16.3. The van der Waals surface area contributed by atoms with Crippen LogP contribution < -0.4 is 5.32 Å². The van der Waals surface area contributed by atoms with Gasteiger partial charge >= 0.3 is 0 Å². The molecule has 0 spiro atoms. The fourth-order valence-corrected chi connectivity index (χ4v) is 2.02. The standard InChI is InChI=1S/C16H22FNO2/c1-4-8-12(15(19)11(3)5-2)16(20)18-14-10-7-6-9-13(14)17/h6-7,9-12H,4-5,8H2,1-3H3,(H,18,20). The molecule has 1 aromatic rings. The normalized spacial score (nSPS) is 13.6. The number of anilines is 1. The predicted octanol–water partition coefficient (Wildman–Crippen LogP) is 3.80. The molecule has 110 valence electrons. The van der Waals surface area contributed by atoms with Crippen molar-refractivity contribution in [2.45, 2.75) is 40.0 Å². The number of benzene rings is 1. The summed E-state index contributed by atoms with van der Waals surface area (Å²) in [5, 5.41) is 2.52. The van der Waals surface area contributed by atoms with E-state index < -0.39 is 17.6 Å². The van der Waals surface area contributed by atoms with Crippen LogP contribution in [0, 0.1) is 17.7 Å². The lowest BCUT2D eigenvalue weighted by Crippen LogP contribution is -2.33. The molecule has 2 atom stereocenters. The van der Waals surface area contributed by atoms with Crippen molar-refractivity contribution in [2.24, 2.45) is 11.8 Å². The summed E-state index contributed by atoms with van der Waals surface area (Å²) in [4.78, 5) is 24.4. The van der Waals surface area contributed by atoms with Crippen molar-refractivity contribution < 1.29 is 14.0 Å². The molecule has 0 aliphatic rings. The van der Waals surface area contributed by atoms with Crippen LogP contribution in [0.4, 0.5) is 10.1 Å². The van der Waals surface area contributed by atoms with Gasteiger partial charge in [-0.25, -0.2) is 4.39 Å². The molecule has 1 amide bonds. The number of carbonyl (C=O) groups is 2. The van der Waals surface area contributed by atoms with Crippen molar-refractivity contribution in [2.75, 3.05) is 5.32 Å². The van der Waals surface area contributed by atoms with Gasteiger partial charge in [-0.15, -0.1) is 0 Å². The molecule has 0 aliphatic heterocycles. The van der Waals surface area contributed by atoms with Crippen LogP contribution in [0.3, 0.4) is 0 Å². The monoisotopic (exact) mass is 279 g/mol. The van der Waals surface area contributed by atoms with E-state index in [1.807, 2.05) is 20.8 Å². The van der Waals surface area contributed by atoms with E-state index in [2.05, 4.69) is 5.32 Å². The van der Waals surface area contributed by atoms with Crippen molar-refractivity contribution >= 4 is 17.4 Å². The molecule has 1 rings (SSSR count). The first-order valence-corrected chi connectivity index (χ1v) is 7.10. The molecule has 0 heterocycles. The Morgan fingerprint density at radius 3 is 2.45 bits per heavy atom. The zero-order chi connectivity index (χ0) is 15.1. The Morgan fingerprint density at radius 1 is 1.25 bits per heavy atom. The quantitative estimate of drug-likeness (QED) is 0.772. The number of Topliss-reactive ketones (excluding diaryl/α,β-unsaturated/α-hetero) is 1. The number of hydrogen-bond acceptors (Lipinski definition) is 2. The van der Waals surface area contributed by atoms with E-state index in [4.69, 9.17) is 0 Å². The van der Waals surface area contributed by atoms with Gasteiger partial charge < -0.3 is 5.32 Å². The maximum absolute atomic E-state index is 13.5. The highest BCUT2D eigenvalue weighted by Crippen LogP contribution is 2.19. The van der Waals surface area contributed by atoms with Gasteiger partial charge in [-0.3, -0.25) is 9.59 Å². The van der Waals surface area contributed by atoms with Gasteiger partial charge in [-0.05, 0) is 25.0 Å². The maximum atomic E-state index is 13.5. The van der Waals surface area contributed by atoms with Crippen LogP contribution in [0.15, 0.2) is 24.3 Å². The van der Waals surface area contributed by atoms with Gasteiger partial charge in [0.05, 0.1) is 11.6 Å². The minimum absolute atomic E-state index is 0.0665. The lowest BCUT2D eigenvalue weighted by atomic mass is 9.88. The molecule has 0 aliphatic carbocycles. The molecule has 0 saturated carbocycles. The van der Waals surface area contributed by atoms with Crippen molar-refractivity contribution in [3.8, 4) is 0 Å². The average molecular weight is 279 g/mol. The average Bonchev–Trinajstić information content (AvgIpc) is 2.45. The molecule has 3 nitrogen and oxygen atoms in total. The smallest absolute Gasteiger partial charge is 0.235 e. The molecule has 4 heteroatoms. The molecule has 1 aromatic carbocycles. The molecule has 1 N–H and O–H groups in total. The van der Waals surface area contributed by atoms with Crippen LogP contribution in [0.25, 0.3) is 0 Å². The number of carbonyl (C=O) groups excluding carboxylic acids is 2. The second-order valence-electron chi connectivity index (χ2n) is 5.02. The van der Waals surface area contributed by atoms with Gasteiger partial charge in [0.1, 0.15) is 11.6 Å². The zero-order valence-electron chi connectivity index (χ0n) is 12.3. The van der Waals surface area contributed by atoms with Gasteiger partial charge in [0, 0.05) is 5.92 Å². The first-order chi connectivity index (χ1) is 9.51. The maximum Gasteiger partial charge on any atom is 0.235 e. The van der Waals surface area contributed by atoms with Crippen LogP contribution >= 0.6 is 0 Å². The van der Waals surface area contributed by atoms with Crippen LogP contribution in [0.1, 0.15) is 40.0 Å². The predicted molar refractivity (Wildman–Crippen MR) is 77.9 cm³/mol. The lowest BCUT2D eigenvalue weighted by molar-refractivity contribution is -0.133. The summed E-state index contributed by atoms with van der Waals surface area (Å²) in [6.45, 7) is 5.66. The Morgan fingerprint density at radius 2 is 1.90 bits per heavy atom. The van der Waals surface area contributed by atoms with E-state index in [0.29, 0.717) is 12.8 Å². The summed E-state index contributed by atoms with van der Waals surface area (Å²) in [5.74, 6) is -1.83. The summed E-state index contributed by atoms with van der Waals surface area (Å²) >= 11 is 0. The van der Waals surface area contributed by atoms with E-state index in [1.54, 1.807) is 12.1 Å². The minimum atomic E-state index is -0.699. The number of nitrogens with one attached hydrogen (secondary N) is 1. The Bertz CT molecular complexity index is 473. The molecule has 2 unspecified atom stereocenters. The summed E-state index contributed by atoms with van der Waals surface area (Å²) in [5.41, 5.74) is 0.121. The fraction of sp³-hybridized carbons (Fsp3) is 0.500. The van der Waals surface area contributed by atoms with Gasteiger partial charge in [0.25, 0.3) is 0 Å². The molecule has 0 saturated heterocycles. The third kappa shape index (κ3) is 4.15. The van der Waals surface area contributed by atoms with Gasteiger partial charge in [-0.2, -0.15) is 0 Å². The minimum Gasteiger partial charge on any atom is -0.323 e. The molecular formula is C16H22FNO2. The molecule has 0 bridgehead atoms. The highest BCUT2D eigenvalue weighted by molar-refractivity contribution is 6.07.